The maximum absolute atomic E-state index is 12.0. The average Bonchev–Trinajstić information content (AvgIpc) is 2.23. The molecule has 98 valence electrons. The van der Waals surface area contributed by atoms with Gasteiger partial charge in [0, 0.05) is 13.0 Å². The number of carboxylic acids is 1. The highest BCUT2D eigenvalue weighted by Crippen LogP contribution is 2.35. The minimum atomic E-state index is -0.875. The minimum absolute atomic E-state index is 0.00738. The molecule has 17 heavy (non-hydrogen) atoms. The van der Waals surface area contributed by atoms with Gasteiger partial charge in [-0.2, -0.15) is 0 Å². The molecule has 1 aliphatic heterocycles. The van der Waals surface area contributed by atoms with E-state index in [1.807, 2.05) is 20.8 Å². The first kappa shape index (κ1) is 14.0. The molecular formula is C13H23NO3. The van der Waals surface area contributed by atoms with Crippen LogP contribution in [-0.2, 0) is 9.59 Å². The van der Waals surface area contributed by atoms with E-state index in [2.05, 4.69) is 0 Å². The van der Waals surface area contributed by atoms with Crippen LogP contribution in [-0.4, -0.2) is 34.5 Å². The van der Waals surface area contributed by atoms with E-state index in [1.54, 1.807) is 4.90 Å². The second kappa shape index (κ2) is 5.52. The molecular weight excluding hydrogens is 218 g/mol. The highest BCUT2D eigenvalue weighted by Gasteiger charge is 2.44. The molecule has 0 aromatic carbocycles. The lowest BCUT2D eigenvalue weighted by atomic mass is 9.76. The minimum Gasteiger partial charge on any atom is -0.480 e. The molecule has 0 bridgehead atoms. The molecule has 1 saturated heterocycles. The number of nitrogens with zero attached hydrogens (tertiary/aromatic N) is 1. The van der Waals surface area contributed by atoms with E-state index >= 15 is 0 Å². The molecule has 0 aromatic rings. The van der Waals surface area contributed by atoms with Crippen molar-refractivity contribution < 1.29 is 14.7 Å². The van der Waals surface area contributed by atoms with Crippen LogP contribution in [0.2, 0.25) is 0 Å². The van der Waals surface area contributed by atoms with E-state index in [0.29, 0.717) is 13.0 Å². The van der Waals surface area contributed by atoms with Crippen molar-refractivity contribution in [3.05, 3.63) is 0 Å². The molecule has 1 unspecified atom stereocenters. The molecule has 1 amide bonds. The first-order valence-corrected chi connectivity index (χ1v) is 6.42. The Morgan fingerprint density at radius 2 is 2.06 bits per heavy atom. The second-order valence-electron chi connectivity index (χ2n) is 5.52. The second-order valence-corrected chi connectivity index (χ2v) is 5.52. The smallest absolute Gasteiger partial charge is 0.326 e. The Morgan fingerprint density at radius 1 is 1.41 bits per heavy atom. The van der Waals surface area contributed by atoms with Crippen LogP contribution in [0.4, 0.5) is 0 Å². The molecule has 0 aliphatic carbocycles. The maximum Gasteiger partial charge on any atom is 0.326 e. The highest BCUT2D eigenvalue weighted by atomic mass is 16.4. The Hall–Kier alpha value is -1.06. The molecule has 4 heteroatoms. The van der Waals surface area contributed by atoms with E-state index in [0.717, 1.165) is 25.7 Å². The third-order valence-corrected chi connectivity index (χ3v) is 3.57. The van der Waals surface area contributed by atoms with E-state index in [4.69, 9.17) is 0 Å². The first-order chi connectivity index (χ1) is 7.90. The van der Waals surface area contributed by atoms with Crippen molar-refractivity contribution in [3.8, 4) is 0 Å². The van der Waals surface area contributed by atoms with Gasteiger partial charge in [-0.25, -0.2) is 4.79 Å². The SMILES string of the molecule is CCCCC(=O)N1CCCC(C)(C)C1C(=O)O. The van der Waals surface area contributed by atoms with Gasteiger partial charge in [0.05, 0.1) is 0 Å². The van der Waals surface area contributed by atoms with Gasteiger partial charge in [-0.1, -0.05) is 27.2 Å². The van der Waals surface area contributed by atoms with Gasteiger partial charge in [-0.05, 0) is 24.7 Å². The van der Waals surface area contributed by atoms with Crippen LogP contribution >= 0.6 is 0 Å². The molecule has 1 fully saturated rings. The summed E-state index contributed by atoms with van der Waals surface area (Å²) in [6, 6.07) is -0.666. The molecule has 0 radical (unpaired) electrons. The summed E-state index contributed by atoms with van der Waals surface area (Å²) in [6.07, 6.45) is 4.02. The van der Waals surface area contributed by atoms with Crippen molar-refractivity contribution in [3.63, 3.8) is 0 Å². The van der Waals surface area contributed by atoms with Crippen molar-refractivity contribution in [1.29, 1.82) is 0 Å². The molecule has 4 nitrogen and oxygen atoms in total. The van der Waals surface area contributed by atoms with Crippen molar-refractivity contribution >= 4 is 11.9 Å². The lowest BCUT2D eigenvalue weighted by molar-refractivity contribution is -0.158. The van der Waals surface area contributed by atoms with Crippen LogP contribution in [0.3, 0.4) is 0 Å². The lowest BCUT2D eigenvalue weighted by Gasteiger charge is -2.44. The van der Waals surface area contributed by atoms with Gasteiger partial charge >= 0.3 is 5.97 Å². The third kappa shape index (κ3) is 3.20. The van der Waals surface area contributed by atoms with Gasteiger partial charge in [0.15, 0.2) is 0 Å². The maximum atomic E-state index is 12.0. The van der Waals surface area contributed by atoms with Crippen LogP contribution in [0.5, 0.6) is 0 Å². The zero-order valence-corrected chi connectivity index (χ0v) is 11.0. The standard InChI is InChI=1S/C13H23NO3/c1-4-5-7-10(15)14-9-6-8-13(2,3)11(14)12(16)17/h11H,4-9H2,1-3H3,(H,16,17). The highest BCUT2D eigenvalue weighted by molar-refractivity contribution is 5.84. The van der Waals surface area contributed by atoms with E-state index in [-0.39, 0.29) is 11.3 Å². The number of hydrogen-bond acceptors (Lipinski definition) is 2. The molecule has 1 atom stereocenters. The predicted octanol–water partition coefficient (Wildman–Crippen LogP) is 2.28. The predicted molar refractivity (Wildman–Crippen MR) is 65.7 cm³/mol. The quantitative estimate of drug-likeness (QED) is 0.821. The molecule has 1 rings (SSSR count). The normalized spacial score (nSPS) is 23.5. The Bertz CT molecular complexity index is 299. The van der Waals surface area contributed by atoms with Crippen LogP contribution in [0.1, 0.15) is 52.9 Å². The lowest BCUT2D eigenvalue weighted by Crippen LogP contribution is -2.56. The van der Waals surface area contributed by atoms with Crippen molar-refractivity contribution in [2.24, 2.45) is 5.41 Å². The molecule has 1 heterocycles. The fourth-order valence-corrected chi connectivity index (χ4v) is 2.60. The van der Waals surface area contributed by atoms with Gasteiger partial charge in [-0.15, -0.1) is 0 Å². The summed E-state index contributed by atoms with van der Waals surface area (Å²) in [5.74, 6) is -0.883. The number of piperidine rings is 1. The molecule has 0 spiro atoms. The number of carboxylic acid groups (broad SMARTS) is 1. The molecule has 0 aromatic heterocycles. The first-order valence-electron chi connectivity index (χ1n) is 6.42. The molecule has 1 aliphatic rings. The van der Waals surface area contributed by atoms with Crippen LogP contribution < -0.4 is 0 Å². The van der Waals surface area contributed by atoms with Gasteiger partial charge in [0.2, 0.25) is 5.91 Å². The third-order valence-electron chi connectivity index (χ3n) is 3.57. The van der Waals surface area contributed by atoms with Crippen LogP contribution in [0.25, 0.3) is 0 Å². The summed E-state index contributed by atoms with van der Waals surface area (Å²) in [4.78, 5) is 25.0. The number of amides is 1. The van der Waals surface area contributed by atoms with Crippen molar-refractivity contribution in [2.75, 3.05) is 6.54 Å². The summed E-state index contributed by atoms with van der Waals surface area (Å²) in [7, 11) is 0. The molecule has 0 saturated carbocycles. The topological polar surface area (TPSA) is 57.6 Å². The number of likely N-dealkylation sites (tertiary alicyclic amines) is 1. The Balaban J connectivity index is 2.81. The fourth-order valence-electron chi connectivity index (χ4n) is 2.60. The number of unbranched alkanes of at least 4 members (excludes halogenated alkanes) is 1. The number of rotatable bonds is 4. The van der Waals surface area contributed by atoms with Gasteiger partial charge < -0.3 is 10.0 Å². The van der Waals surface area contributed by atoms with Crippen LogP contribution in [0, 0.1) is 5.41 Å². The average molecular weight is 241 g/mol. The fraction of sp³-hybridized carbons (Fsp3) is 0.846. The monoisotopic (exact) mass is 241 g/mol. The van der Waals surface area contributed by atoms with Gasteiger partial charge in [0.25, 0.3) is 0 Å². The Kier molecular flexibility index (Phi) is 4.54. The largest absolute Gasteiger partial charge is 0.480 e. The summed E-state index contributed by atoms with van der Waals surface area (Å²) < 4.78 is 0. The van der Waals surface area contributed by atoms with Crippen molar-refractivity contribution in [2.45, 2.75) is 58.9 Å². The zero-order valence-electron chi connectivity index (χ0n) is 11.0. The molecule has 1 N–H and O–H groups in total. The Morgan fingerprint density at radius 3 is 2.59 bits per heavy atom. The summed E-state index contributed by atoms with van der Waals surface area (Å²) in [5.41, 5.74) is -0.327. The van der Waals surface area contributed by atoms with E-state index < -0.39 is 12.0 Å². The van der Waals surface area contributed by atoms with Gasteiger partial charge in [0.1, 0.15) is 6.04 Å². The van der Waals surface area contributed by atoms with Crippen LogP contribution in [0.15, 0.2) is 0 Å². The van der Waals surface area contributed by atoms with Crippen molar-refractivity contribution in [1.82, 2.24) is 4.90 Å². The van der Waals surface area contributed by atoms with Gasteiger partial charge in [-0.3, -0.25) is 4.79 Å². The summed E-state index contributed by atoms with van der Waals surface area (Å²) in [5, 5.41) is 9.32. The number of hydrogen-bond donors (Lipinski definition) is 1. The summed E-state index contributed by atoms with van der Waals surface area (Å²) >= 11 is 0. The summed E-state index contributed by atoms with van der Waals surface area (Å²) in [6.45, 7) is 6.49. The number of carbonyl (C=O) groups excluding carboxylic acids is 1. The van der Waals surface area contributed by atoms with E-state index in [9.17, 15) is 14.7 Å². The van der Waals surface area contributed by atoms with E-state index in [1.165, 1.54) is 0 Å². The zero-order chi connectivity index (χ0) is 13.1. The number of aliphatic carboxylic acids is 1. The Labute approximate surface area is 103 Å². The number of carbonyl (C=O) groups is 2.